The van der Waals surface area contributed by atoms with Crippen molar-refractivity contribution in [1.29, 1.82) is 0 Å². The van der Waals surface area contributed by atoms with Crippen LogP contribution in [0, 0.1) is 11.6 Å². The Labute approximate surface area is 81.1 Å². The molecule has 1 heterocycles. The summed E-state index contributed by atoms with van der Waals surface area (Å²) in [6.45, 7) is 2.25. The second-order valence-electron chi connectivity index (χ2n) is 2.91. The summed E-state index contributed by atoms with van der Waals surface area (Å²) in [5.74, 6) is -1.35. The summed E-state index contributed by atoms with van der Waals surface area (Å²) >= 11 is 0. The number of halogens is 2. The minimum absolute atomic E-state index is 0.0373. The van der Waals surface area contributed by atoms with Crippen LogP contribution in [0.4, 0.5) is 14.6 Å². The molecule has 0 aromatic carbocycles. The van der Waals surface area contributed by atoms with E-state index in [1.165, 1.54) is 0 Å². The van der Waals surface area contributed by atoms with E-state index in [4.69, 9.17) is 4.74 Å². The molecule has 0 aliphatic carbocycles. The zero-order valence-electron chi connectivity index (χ0n) is 8.05. The van der Waals surface area contributed by atoms with Gasteiger partial charge in [0.05, 0.1) is 12.3 Å². The normalized spacial score (nSPS) is 12.6. The fraction of sp³-hybridized carbons (Fsp3) is 0.444. The number of nitrogens with zero attached hydrogens (tertiary/aromatic N) is 1. The molecular weight excluding hydrogens is 190 g/mol. The van der Waals surface area contributed by atoms with E-state index >= 15 is 0 Å². The minimum atomic E-state index is -0.701. The van der Waals surface area contributed by atoms with Gasteiger partial charge >= 0.3 is 0 Å². The first-order valence-electron chi connectivity index (χ1n) is 4.21. The molecule has 1 atom stereocenters. The van der Waals surface area contributed by atoms with Crippen molar-refractivity contribution in [2.45, 2.75) is 13.0 Å². The Balaban J connectivity index is 2.59. The number of hydrogen-bond donors (Lipinski definition) is 1. The molecule has 3 nitrogen and oxygen atoms in total. The van der Waals surface area contributed by atoms with Gasteiger partial charge in [-0.2, -0.15) is 0 Å². The van der Waals surface area contributed by atoms with Crippen LogP contribution in [0.1, 0.15) is 6.92 Å². The Morgan fingerprint density at radius 1 is 1.57 bits per heavy atom. The highest BCUT2D eigenvalue weighted by molar-refractivity contribution is 5.35. The fourth-order valence-corrected chi connectivity index (χ4v) is 0.868. The molecule has 78 valence electrons. The lowest BCUT2D eigenvalue weighted by Crippen LogP contribution is -2.19. The van der Waals surface area contributed by atoms with Gasteiger partial charge in [0.1, 0.15) is 5.82 Å². The molecule has 0 bridgehead atoms. The Kier molecular flexibility index (Phi) is 3.76. The summed E-state index contributed by atoms with van der Waals surface area (Å²) < 4.78 is 30.4. The smallest absolute Gasteiger partial charge is 0.168 e. The zero-order valence-corrected chi connectivity index (χ0v) is 8.05. The number of rotatable bonds is 4. The molecule has 14 heavy (non-hydrogen) atoms. The highest BCUT2D eigenvalue weighted by Gasteiger charge is 2.06. The number of anilines is 1. The summed E-state index contributed by atoms with van der Waals surface area (Å²) in [4.78, 5) is 3.57. The summed E-state index contributed by atoms with van der Waals surface area (Å²) in [5.41, 5.74) is 0. The highest BCUT2D eigenvalue weighted by atomic mass is 19.1. The standard InChI is InChI=1S/C9H12F2N2O/c1-6(14-2)4-12-9-8(11)3-7(10)5-13-9/h3,5-6H,4H2,1-2H3,(H,12,13). The van der Waals surface area contributed by atoms with Gasteiger partial charge in [0, 0.05) is 19.7 Å². The predicted molar refractivity (Wildman–Crippen MR) is 49.1 cm³/mol. The SMILES string of the molecule is COC(C)CNc1ncc(F)cc1F. The van der Waals surface area contributed by atoms with Gasteiger partial charge in [0.2, 0.25) is 0 Å². The van der Waals surface area contributed by atoms with Crippen LogP contribution in [-0.2, 0) is 4.74 Å². The van der Waals surface area contributed by atoms with E-state index in [9.17, 15) is 8.78 Å². The van der Waals surface area contributed by atoms with Gasteiger partial charge in [-0.1, -0.05) is 0 Å². The van der Waals surface area contributed by atoms with E-state index in [2.05, 4.69) is 10.3 Å². The van der Waals surface area contributed by atoms with E-state index in [0.29, 0.717) is 6.54 Å². The number of nitrogens with one attached hydrogen (secondary N) is 1. The third-order valence-electron chi connectivity index (χ3n) is 1.77. The Morgan fingerprint density at radius 2 is 2.29 bits per heavy atom. The van der Waals surface area contributed by atoms with Crippen molar-refractivity contribution in [3.8, 4) is 0 Å². The van der Waals surface area contributed by atoms with Crippen molar-refractivity contribution in [3.05, 3.63) is 23.9 Å². The predicted octanol–water partition coefficient (Wildman–Crippen LogP) is 1.81. The van der Waals surface area contributed by atoms with Crippen LogP contribution in [0.25, 0.3) is 0 Å². The van der Waals surface area contributed by atoms with Crippen LogP contribution in [0.15, 0.2) is 12.3 Å². The lowest BCUT2D eigenvalue weighted by molar-refractivity contribution is 0.128. The monoisotopic (exact) mass is 202 g/mol. The molecule has 0 saturated heterocycles. The quantitative estimate of drug-likeness (QED) is 0.808. The Hall–Kier alpha value is -1.23. The second-order valence-corrected chi connectivity index (χ2v) is 2.91. The molecule has 1 aromatic rings. The van der Waals surface area contributed by atoms with Gasteiger partial charge in [-0.15, -0.1) is 0 Å². The van der Waals surface area contributed by atoms with Crippen molar-refractivity contribution in [2.75, 3.05) is 19.0 Å². The molecule has 1 rings (SSSR count). The first kappa shape index (κ1) is 10.8. The van der Waals surface area contributed by atoms with Gasteiger partial charge in [0.15, 0.2) is 11.6 Å². The topological polar surface area (TPSA) is 34.1 Å². The summed E-state index contributed by atoms with van der Waals surface area (Å²) in [6.07, 6.45) is 0.907. The first-order valence-corrected chi connectivity index (χ1v) is 4.21. The zero-order chi connectivity index (χ0) is 10.6. The van der Waals surface area contributed by atoms with Gasteiger partial charge in [-0.05, 0) is 6.92 Å². The Morgan fingerprint density at radius 3 is 2.86 bits per heavy atom. The van der Waals surface area contributed by atoms with Crippen LogP contribution in [-0.4, -0.2) is 24.7 Å². The molecule has 0 radical (unpaired) electrons. The van der Waals surface area contributed by atoms with E-state index in [0.717, 1.165) is 12.3 Å². The van der Waals surface area contributed by atoms with Gasteiger partial charge < -0.3 is 10.1 Å². The molecular formula is C9H12F2N2O. The minimum Gasteiger partial charge on any atom is -0.380 e. The second kappa shape index (κ2) is 4.85. The summed E-state index contributed by atoms with van der Waals surface area (Å²) in [5, 5.41) is 2.71. The van der Waals surface area contributed by atoms with Crippen LogP contribution in [0.3, 0.4) is 0 Å². The molecule has 0 aliphatic rings. The number of pyridine rings is 1. The lowest BCUT2D eigenvalue weighted by atomic mass is 10.4. The number of ether oxygens (including phenoxy) is 1. The third kappa shape index (κ3) is 2.92. The molecule has 0 saturated carbocycles. The fourth-order valence-electron chi connectivity index (χ4n) is 0.868. The van der Waals surface area contributed by atoms with Crippen molar-refractivity contribution >= 4 is 5.82 Å². The number of methoxy groups -OCH3 is 1. The van der Waals surface area contributed by atoms with E-state index < -0.39 is 11.6 Å². The van der Waals surface area contributed by atoms with E-state index in [-0.39, 0.29) is 11.9 Å². The first-order chi connectivity index (χ1) is 6.63. The average Bonchev–Trinajstić information content (AvgIpc) is 2.16. The molecule has 0 fully saturated rings. The van der Waals surface area contributed by atoms with Gasteiger partial charge in [-0.25, -0.2) is 13.8 Å². The van der Waals surface area contributed by atoms with Gasteiger partial charge in [-0.3, -0.25) is 0 Å². The molecule has 1 N–H and O–H groups in total. The number of hydrogen-bond acceptors (Lipinski definition) is 3. The van der Waals surface area contributed by atoms with Crippen molar-refractivity contribution in [2.24, 2.45) is 0 Å². The van der Waals surface area contributed by atoms with Crippen molar-refractivity contribution in [3.63, 3.8) is 0 Å². The van der Waals surface area contributed by atoms with Crippen LogP contribution in [0.2, 0.25) is 0 Å². The molecule has 0 amide bonds. The lowest BCUT2D eigenvalue weighted by Gasteiger charge is -2.11. The van der Waals surface area contributed by atoms with Crippen molar-refractivity contribution in [1.82, 2.24) is 4.98 Å². The Bertz CT molecular complexity index is 307. The maximum Gasteiger partial charge on any atom is 0.168 e. The highest BCUT2D eigenvalue weighted by Crippen LogP contribution is 2.10. The molecule has 0 spiro atoms. The number of aromatic nitrogens is 1. The van der Waals surface area contributed by atoms with Crippen LogP contribution in [0.5, 0.6) is 0 Å². The third-order valence-corrected chi connectivity index (χ3v) is 1.77. The summed E-state index contributed by atoms with van der Waals surface area (Å²) in [6, 6.07) is 0.785. The summed E-state index contributed by atoms with van der Waals surface area (Å²) in [7, 11) is 1.56. The molecule has 1 unspecified atom stereocenters. The molecule has 5 heteroatoms. The van der Waals surface area contributed by atoms with Crippen LogP contribution >= 0.6 is 0 Å². The van der Waals surface area contributed by atoms with E-state index in [1.54, 1.807) is 7.11 Å². The van der Waals surface area contributed by atoms with Crippen LogP contribution < -0.4 is 5.32 Å². The van der Waals surface area contributed by atoms with Gasteiger partial charge in [0.25, 0.3) is 0 Å². The molecule has 0 aliphatic heterocycles. The maximum absolute atomic E-state index is 13.0. The van der Waals surface area contributed by atoms with E-state index in [1.807, 2.05) is 6.92 Å². The average molecular weight is 202 g/mol. The maximum atomic E-state index is 13.0. The molecule has 1 aromatic heterocycles. The largest absolute Gasteiger partial charge is 0.380 e. The van der Waals surface area contributed by atoms with Crippen molar-refractivity contribution < 1.29 is 13.5 Å².